The maximum Gasteiger partial charge on any atom is 0.186 e. The zero-order valence-electron chi connectivity index (χ0n) is 11.0. The first-order valence-electron chi connectivity index (χ1n) is 6.23. The van der Waals surface area contributed by atoms with Crippen LogP contribution in [0, 0.1) is 0 Å². The molecule has 0 radical (unpaired) electrons. The molecule has 1 aliphatic carbocycles. The van der Waals surface area contributed by atoms with Gasteiger partial charge in [-0.1, -0.05) is 43.0 Å². The normalized spacial score (nSPS) is 15.3. The highest BCUT2D eigenvalue weighted by Crippen LogP contribution is 2.25. The smallest absolute Gasteiger partial charge is 0.186 e. The second-order valence-electron chi connectivity index (χ2n) is 4.51. The van der Waals surface area contributed by atoms with Crippen molar-refractivity contribution in [2.75, 3.05) is 0 Å². The Morgan fingerprint density at radius 2 is 2.05 bits per heavy atom. The van der Waals surface area contributed by atoms with Crippen molar-refractivity contribution >= 4 is 5.78 Å². The van der Waals surface area contributed by atoms with Gasteiger partial charge in [0, 0.05) is 11.3 Å². The maximum absolute atomic E-state index is 12.0. The Balaban J connectivity index is 2.23. The van der Waals surface area contributed by atoms with Crippen LogP contribution in [0.15, 0.2) is 72.0 Å². The molecule has 0 amide bonds. The number of benzene rings is 1. The van der Waals surface area contributed by atoms with Gasteiger partial charge >= 0.3 is 0 Å². The van der Waals surface area contributed by atoms with E-state index in [1.165, 1.54) is 0 Å². The second-order valence-corrected chi connectivity index (χ2v) is 4.51. The van der Waals surface area contributed by atoms with Crippen LogP contribution in [0.5, 0.6) is 0 Å². The molecule has 1 aromatic carbocycles. The molecule has 0 aliphatic heterocycles. The fraction of sp³-hybridized carbons (Fsp3) is 0.118. The summed E-state index contributed by atoms with van der Waals surface area (Å²) in [5.41, 5.74) is 10.0. The molecule has 0 unspecified atom stereocenters. The summed E-state index contributed by atoms with van der Waals surface area (Å²) in [6.07, 6.45) is 7.87. The lowest BCUT2D eigenvalue weighted by molar-refractivity contribution is 0.104. The molecule has 2 nitrogen and oxygen atoms in total. The highest BCUT2D eigenvalue weighted by Gasteiger charge is 2.17. The molecule has 2 rings (SSSR count). The van der Waals surface area contributed by atoms with Crippen LogP contribution in [0.25, 0.3) is 0 Å². The number of fused-ring (bicyclic) bond motifs is 1. The van der Waals surface area contributed by atoms with Gasteiger partial charge < -0.3 is 5.73 Å². The van der Waals surface area contributed by atoms with Gasteiger partial charge in [-0.05, 0) is 42.2 Å². The van der Waals surface area contributed by atoms with Crippen LogP contribution in [0.1, 0.15) is 22.8 Å². The van der Waals surface area contributed by atoms with Crippen molar-refractivity contribution in [3.8, 4) is 0 Å². The van der Waals surface area contributed by atoms with Gasteiger partial charge in [0.25, 0.3) is 0 Å². The van der Waals surface area contributed by atoms with Gasteiger partial charge in [-0.2, -0.15) is 0 Å². The molecule has 0 aromatic heterocycles. The summed E-state index contributed by atoms with van der Waals surface area (Å²) in [4.78, 5) is 12.0. The zero-order chi connectivity index (χ0) is 13.8. The third-order valence-electron chi connectivity index (χ3n) is 3.19. The Labute approximate surface area is 113 Å². The van der Waals surface area contributed by atoms with Gasteiger partial charge in [-0.25, -0.2) is 0 Å². The number of allylic oxidation sites excluding steroid dienone is 6. The van der Waals surface area contributed by atoms with Gasteiger partial charge in [0.2, 0.25) is 0 Å². The SMILES string of the molecule is C=C(/C=C\C(N)=C/C)C1=CC(=O)c2ccccc2C1. The van der Waals surface area contributed by atoms with E-state index >= 15 is 0 Å². The van der Waals surface area contributed by atoms with Crippen molar-refractivity contribution in [3.05, 3.63) is 83.1 Å². The van der Waals surface area contributed by atoms with Crippen molar-refractivity contribution < 1.29 is 4.79 Å². The van der Waals surface area contributed by atoms with E-state index in [0.717, 1.165) is 28.7 Å². The summed E-state index contributed by atoms with van der Waals surface area (Å²) in [5, 5.41) is 0. The molecule has 1 aliphatic rings. The fourth-order valence-corrected chi connectivity index (χ4v) is 2.01. The molecule has 0 saturated heterocycles. The quantitative estimate of drug-likeness (QED) is 0.837. The van der Waals surface area contributed by atoms with Gasteiger partial charge in [-0.3, -0.25) is 4.79 Å². The molecule has 19 heavy (non-hydrogen) atoms. The zero-order valence-corrected chi connectivity index (χ0v) is 11.0. The standard InChI is InChI=1S/C17H17NO/c1-3-15(18)9-8-12(2)14-10-13-6-4-5-7-16(13)17(19)11-14/h3-9,11H,2,10,18H2,1H3/b9-8-,15-3+. The lowest BCUT2D eigenvalue weighted by Gasteiger charge is -2.16. The fourth-order valence-electron chi connectivity index (χ4n) is 2.01. The van der Waals surface area contributed by atoms with Crippen LogP contribution in [-0.4, -0.2) is 5.78 Å². The lowest BCUT2D eigenvalue weighted by atomic mass is 9.87. The van der Waals surface area contributed by atoms with Crippen molar-refractivity contribution in [2.45, 2.75) is 13.3 Å². The topological polar surface area (TPSA) is 43.1 Å². The first-order chi connectivity index (χ1) is 9.11. The van der Waals surface area contributed by atoms with Gasteiger partial charge in [-0.15, -0.1) is 0 Å². The van der Waals surface area contributed by atoms with Crippen LogP contribution in [0.3, 0.4) is 0 Å². The second kappa shape index (κ2) is 5.53. The largest absolute Gasteiger partial charge is 0.399 e. The highest BCUT2D eigenvalue weighted by atomic mass is 16.1. The van der Waals surface area contributed by atoms with Gasteiger partial charge in [0.05, 0.1) is 0 Å². The summed E-state index contributed by atoms with van der Waals surface area (Å²) in [6, 6.07) is 7.68. The molecule has 0 bridgehead atoms. The summed E-state index contributed by atoms with van der Waals surface area (Å²) >= 11 is 0. The highest BCUT2D eigenvalue weighted by molar-refractivity contribution is 6.07. The Bertz CT molecular complexity index is 618. The molecule has 2 heteroatoms. The van der Waals surface area contributed by atoms with Crippen LogP contribution < -0.4 is 5.73 Å². The lowest BCUT2D eigenvalue weighted by Crippen LogP contribution is -2.10. The molecule has 0 spiro atoms. The van der Waals surface area contributed by atoms with Crippen molar-refractivity contribution in [1.29, 1.82) is 0 Å². The van der Waals surface area contributed by atoms with Crippen molar-refractivity contribution in [2.24, 2.45) is 5.73 Å². The first-order valence-corrected chi connectivity index (χ1v) is 6.23. The number of hydrogen-bond acceptors (Lipinski definition) is 2. The van der Waals surface area contributed by atoms with Crippen LogP contribution >= 0.6 is 0 Å². The monoisotopic (exact) mass is 251 g/mol. The van der Waals surface area contributed by atoms with E-state index in [-0.39, 0.29) is 5.78 Å². The van der Waals surface area contributed by atoms with Crippen LogP contribution in [0.2, 0.25) is 0 Å². The third kappa shape index (κ3) is 2.91. The molecule has 2 N–H and O–H groups in total. The Morgan fingerprint density at radius 1 is 1.32 bits per heavy atom. The van der Waals surface area contributed by atoms with Crippen molar-refractivity contribution in [3.63, 3.8) is 0 Å². The Kier molecular flexibility index (Phi) is 3.81. The van der Waals surface area contributed by atoms with Gasteiger partial charge in [0.15, 0.2) is 5.78 Å². The molecule has 0 fully saturated rings. The number of nitrogens with two attached hydrogens (primary N) is 1. The van der Waals surface area contributed by atoms with Gasteiger partial charge in [0.1, 0.15) is 0 Å². The predicted octanol–water partition coefficient (Wildman–Crippen LogP) is 3.33. The van der Waals surface area contributed by atoms with E-state index < -0.39 is 0 Å². The molecule has 96 valence electrons. The summed E-state index contributed by atoms with van der Waals surface area (Å²) in [7, 11) is 0. The first kappa shape index (κ1) is 13.1. The molecule has 1 aromatic rings. The number of rotatable bonds is 3. The number of ketones is 1. The molecular weight excluding hydrogens is 234 g/mol. The van der Waals surface area contributed by atoms with Crippen molar-refractivity contribution in [1.82, 2.24) is 0 Å². The van der Waals surface area contributed by atoms with Crippen LogP contribution in [0.4, 0.5) is 0 Å². The van der Waals surface area contributed by atoms with Crippen LogP contribution in [-0.2, 0) is 6.42 Å². The molecular formula is C17H17NO. The minimum atomic E-state index is 0.0467. The molecule has 0 atom stereocenters. The molecule has 0 saturated carbocycles. The minimum Gasteiger partial charge on any atom is -0.399 e. The molecule has 0 heterocycles. The summed E-state index contributed by atoms with van der Waals surface area (Å²) in [5.74, 6) is 0.0467. The van der Waals surface area contributed by atoms with E-state index in [1.807, 2.05) is 43.3 Å². The summed E-state index contributed by atoms with van der Waals surface area (Å²) in [6.45, 7) is 5.88. The van der Waals surface area contributed by atoms with E-state index in [4.69, 9.17) is 5.73 Å². The van der Waals surface area contributed by atoms with E-state index in [0.29, 0.717) is 5.70 Å². The Morgan fingerprint density at radius 3 is 2.79 bits per heavy atom. The summed E-state index contributed by atoms with van der Waals surface area (Å²) < 4.78 is 0. The van der Waals surface area contributed by atoms with E-state index in [9.17, 15) is 4.79 Å². The average Bonchev–Trinajstić information content (AvgIpc) is 2.44. The number of carbonyl (C=O) groups excluding carboxylic acids is 1. The number of carbonyl (C=O) groups is 1. The number of hydrogen-bond donors (Lipinski definition) is 1. The minimum absolute atomic E-state index is 0.0467. The predicted molar refractivity (Wildman–Crippen MR) is 78.8 cm³/mol. The average molecular weight is 251 g/mol. The Hall–Kier alpha value is -2.35. The van der Waals surface area contributed by atoms with E-state index in [2.05, 4.69) is 6.58 Å². The van der Waals surface area contributed by atoms with E-state index in [1.54, 1.807) is 12.2 Å². The maximum atomic E-state index is 12.0. The third-order valence-corrected chi connectivity index (χ3v) is 3.19.